The van der Waals surface area contributed by atoms with Gasteiger partial charge in [-0.3, -0.25) is 14.9 Å². The minimum Gasteiger partial charge on any atom is -0.296 e. The summed E-state index contributed by atoms with van der Waals surface area (Å²) in [4.78, 5) is 23.8. The average Bonchev–Trinajstić information content (AvgIpc) is 2.25. The van der Waals surface area contributed by atoms with Crippen LogP contribution in [0.2, 0.25) is 5.02 Å². The van der Waals surface area contributed by atoms with Crippen molar-refractivity contribution in [1.82, 2.24) is 5.32 Å². The lowest BCUT2D eigenvalue weighted by molar-refractivity contribution is -0.138. The maximum absolute atomic E-state index is 12.2. The number of benzene rings is 1. The van der Waals surface area contributed by atoms with Crippen molar-refractivity contribution in [2.75, 3.05) is 0 Å². The third-order valence-corrected chi connectivity index (χ3v) is 4.59. The Labute approximate surface area is 117 Å². The summed E-state index contributed by atoms with van der Waals surface area (Å²) in [6.07, 6.45) is 3.91. The number of carbonyl (C=O) groups excluding carboxylic acids is 2. The molecule has 0 radical (unpaired) electrons. The number of halogens is 1. The molecule has 100 valence electrons. The first kappa shape index (κ1) is 12.7. The quantitative estimate of drug-likeness (QED) is 0.845. The number of piperidine rings is 1. The Morgan fingerprint density at radius 3 is 2.63 bits per heavy atom. The van der Waals surface area contributed by atoms with E-state index < -0.39 is 0 Å². The zero-order chi connectivity index (χ0) is 13.4. The van der Waals surface area contributed by atoms with Gasteiger partial charge in [-0.1, -0.05) is 43.0 Å². The third-order valence-electron chi connectivity index (χ3n) is 4.36. The molecule has 1 aromatic rings. The molecule has 1 aliphatic carbocycles. The van der Waals surface area contributed by atoms with Crippen molar-refractivity contribution in [3.8, 4) is 0 Å². The molecule has 2 unspecified atom stereocenters. The van der Waals surface area contributed by atoms with Crippen LogP contribution in [-0.2, 0) is 9.59 Å². The number of amides is 2. The molecule has 2 fully saturated rings. The molecule has 1 N–H and O–H groups in total. The van der Waals surface area contributed by atoms with Gasteiger partial charge in [-0.05, 0) is 29.5 Å². The summed E-state index contributed by atoms with van der Waals surface area (Å²) < 4.78 is 0. The summed E-state index contributed by atoms with van der Waals surface area (Å²) in [6, 6.07) is 7.43. The minimum absolute atomic E-state index is 0.133. The maximum atomic E-state index is 12.2. The van der Waals surface area contributed by atoms with E-state index in [0.717, 1.165) is 18.4 Å². The van der Waals surface area contributed by atoms with Crippen LogP contribution >= 0.6 is 11.6 Å². The molecular formula is C15H16ClNO2. The number of imide groups is 1. The molecule has 2 atom stereocenters. The fraction of sp³-hybridized carbons (Fsp3) is 0.467. The van der Waals surface area contributed by atoms with E-state index in [4.69, 9.17) is 11.6 Å². The summed E-state index contributed by atoms with van der Waals surface area (Å²) in [5.41, 5.74) is 0.925. The predicted octanol–water partition coefficient (Wildman–Crippen LogP) is 2.89. The van der Waals surface area contributed by atoms with Crippen molar-refractivity contribution < 1.29 is 9.59 Å². The second-order valence-corrected chi connectivity index (χ2v) is 5.94. The molecule has 2 amide bonds. The van der Waals surface area contributed by atoms with Gasteiger partial charge in [-0.25, -0.2) is 0 Å². The first-order valence-corrected chi connectivity index (χ1v) is 7.12. The van der Waals surface area contributed by atoms with Crippen LogP contribution in [-0.4, -0.2) is 11.8 Å². The van der Waals surface area contributed by atoms with Gasteiger partial charge in [0.2, 0.25) is 11.8 Å². The average molecular weight is 278 g/mol. The second kappa shape index (κ2) is 4.97. The van der Waals surface area contributed by atoms with E-state index in [9.17, 15) is 9.59 Å². The van der Waals surface area contributed by atoms with Crippen LogP contribution in [0, 0.1) is 11.8 Å². The fourth-order valence-electron chi connectivity index (χ4n) is 3.20. The van der Waals surface area contributed by atoms with Crippen LogP contribution in [0.3, 0.4) is 0 Å². The molecule has 3 nitrogen and oxygen atoms in total. The predicted molar refractivity (Wildman–Crippen MR) is 72.8 cm³/mol. The van der Waals surface area contributed by atoms with Gasteiger partial charge in [0, 0.05) is 11.4 Å². The van der Waals surface area contributed by atoms with E-state index in [0.29, 0.717) is 17.4 Å². The minimum atomic E-state index is -0.235. The standard InChI is InChI=1S/C15H16ClNO2/c16-11-6-2-5-10(7-11)14-12(9-3-1-4-9)8-13(18)17-15(14)19/h2,5-7,9,12,14H,1,3-4,8H2,(H,17,18,19). The smallest absolute Gasteiger partial charge is 0.234 e. The van der Waals surface area contributed by atoms with Gasteiger partial charge in [-0.2, -0.15) is 0 Å². The van der Waals surface area contributed by atoms with Gasteiger partial charge >= 0.3 is 0 Å². The third kappa shape index (κ3) is 2.39. The molecule has 1 heterocycles. The Morgan fingerprint density at radius 2 is 2.00 bits per heavy atom. The summed E-state index contributed by atoms with van der Waals surface area (Å²) in [6.45, 7) is 0. The summed E-state index contributed by atoms with van der Waals surface area (Å²) in [7, 11) is 0. The molecule has 19 heavy (non-hydrogen) atoms. The van der Waals surface area contributed by atoms with Gasteiger partial charge in [0.15, 0.2) is 0 Å². The Morgan fingerprint density at radius 1 is 1.21 bits per heavy atom. The molecule has 4 heteroatoms. The normalized spacial score (nSPS) is 27.8. The van der Waals surface area contributed by atoms with Crippen molar-refractivity contribution in [1.29, 1.82) is 0 Å². The zero-order valence-electron chi connectivity index (χ0n) is 10.6. The van der Waals surface area contributed by atoms with Crippen LogP contribution < -0.4 is 5.32 Å². The molecule has 1 saturated carbocycles. The van der Waals surface area contributed by atoms with Crippen LogP contribution in [0.5, 0.6) is 0 Å². The van der Waals surface area contributed by atoms with E-state index in [1.807, 2.05) is 18.2 Å². The van der Waals surface area contributed by atoms with Crippen LogP contribution in [0.15, 0.2) is 24.3 Å². The highest BCUT2D eigenvalue weighted by Gasteiger charge is 2.42. The molecule has 3 rings (SSSR count). The fourth-order valence-corrected chi connectivity index (χ4v) is 3.40. The van der Waals surface area contributed by atoms with Crippen LogP contribution in [0.1, 0.15) is 37.2 Å². The monoisotopic (exact) mass is 277 g/mol. The Bertz CT molecular complexity index is 525. The molecule has 1 aliphatic heterocycles. The SMILES string of the molecule is O=C1CC(C2CCC2)C(c2cccc(Cl)c2)C(=O)N1. The second-order valence-electron chi connectivity index (χ2n) is 5.50. The van der Waals surface area contributed by atoms with Crippen molar-refractivity contribution in [2.24, 2.45) is 11.8 Å². The maximum Gasteiger partial charge on any atom is 0.234 e. The lowest BCUT2D eigenvalue weighted by Crippen LogP contribution is -2.47. The van der Waals surface area contributed by atoms with Gasteiger partial charge in [-0.15, -0.1) is 0 Å². The largest absolute Gasteiger partial charge is 0.296 e. The first-order chi connectivity index (χ1) is 9.15. The molecule has 2 aliphatic rings. The Kier molecular flexibility index (Phi) is 3.31. The van der Waals surface area contributed by atoms with E-state index in [2.05, 4.69) is 5.32 Å². The van der Waals surface area contributed by atoms with Gasteiger partial charge < -0.3 is 0 Å². The van der Waals surface area contributed by atoms with Gasteiger partial charge in [0.05, 0.1) is 5.92 Å². The van der Waals surface area contributed by atoms with Gasteiger partial charge in [0.1, 0.15) is 0 Å². The number of rotatable bonds is 2. The number of nitrogens with one attached hydrogen (secondary N) is 1. The highest BCUT2D eigenvalue weighted by molar-refractivity contribution is 6.30. The van der Waals surface area contributed by atoms with Crippen molar-refractivity contribution in [2.45, 2.75) is 31.6 Å². The van der Waals surface area contributed by atoms with Crippen LogP contribution in [0.25, 0.3) is 0 Å². The lowest BCUT2D eigenvalue weighted by Gasteiger charge is -2.40. The van der Waals surface area contributed by atoms with Crippen molar-refractivity contribution in [3.05, 3.63) is 34.9 Å². The molecular weight excluding hydrogens is 262 g/mol. The lowest BCUT2D eigenvalue weighted by atomic mass is 9.66. The van der Waals surface area contributed by atoms with Crippen LogP contribution in [0.4, 0.5) is 0 Å². The van der Waals surface area contributed by atoms with E-state index in [-0.39, 0.29) is 23.7 Å². The number of hydrogen-bond donors (Lipinski definition) is 1. The summed E-state index contributed by atoms with van der Waals surface area (Å²) >= 11 is 6.02. The summed E-state index contributed by atoms with van der Waals surface area (Å²) in [5, 5.41) is 3.09. The molecule has 1 saturated heterocycles. The zero-order valence-corrected chi connectivity index (χ0v) is 11.3. The van der Waals surface area contributed by atoms with Gasteiger partial charge in [0.25, 0.3) is 0 Å². The van der Waals surface area contributed by atoms with E-state index in [1.165, 1.54) is 6.42 Å². The molecule has 0 spiro atoms. The molecule has 1 aromatic carbocycles. The number of hydrogen-bond acceptors (Lipinski definition) is 2. The van der Waals surface area contributed by atoms with Crippen molar-refractivity contribution >= 4 is 23.4 Å². The topological polar surface area (TPSA) is 46.2 Å². The summed E-state index contributed by atoms with van der Waals surface area (Å²) in [5.74, 6) is 0.0877. The Balaban J connectivity index is 1.94. The van der Waals surface area contributed by atoms with E-state index >= 15 is 0 Å². The highest BCUT2D eigenvalue weighted by atomic mass is 35.5. The molecule has 0 bridgehead atoms. The Hall–Kier alpha value is -1.35. The van der Waals surface area contributed by atoms with E-state index in [1.54, 1.807) is 6.07 Å². The number of carbonyl (C=O) groups is 2. The highest BCUT2D eigenvalue weighted by Crippen LogP contribution is 2.44. The first-order valence-electron chi connectivity index (χ1n) is 6.74. The van der Waals surface area contributed by atoms with Crippen molar-refractivity contribution in [3.63, 3.8) is 0 Å². The molecule has 0 aromatic heterocycles.